The number of hydrogen-bond donors (Lipinski definition) is 1. The highest BCUT2D eigenvalue weighted by atomic mass is 32.1. The van der Waals surface area contributed by atoms with Crippen LogP contribution in [0.1, 0.15) is 28.6 Å². The Morgan fingerprint density at radius 3 is 2.62 bits per heavy atom. The lowest BCUT2D eigenvalue weighted by Gasteiger charge is -2.18. The Labute approximate surface area is 169 Å². The summed E-state index contributed by atoms with van der Waals surface area (Å²) in [6, 6.07) is 2.20. The van der Waals surface area contributed by atoms with Crippen molar-refractivity contribution in [3.63, 3.8) is 0 Å². The minimum absolute atomic E-state index is 0.237. The smallest absolute Gasteiger partial charge is 0.475 e. The molecule has 0 spiro atoms. The molecule has 4 rings (SSSR count). The molecule has 4 heterocycles. The number of carboxylic acid groups (broad SMARTS) is 1. The van der Waals surface area contributed by atoms with Crippen LogP contribution in [0.3, 0.4) is 0 Å². The number of carbonyl (C=O) groups is 1. The maximum absolute atomic E-state index is 10.6. The lowest BCUT2D eigenvalue weighted by molar-refractivity contribution is -0.192. The molecule has 160 valence electrons. The molecule has 1 N–H and O–H groups in total. The highest BCUT2D eigenvalue weighted by molar-refractivity contribution is 7.10. The Morgan fingerprint density at radius 1 is 1.38 bits per heavy atom. The Hall–Kier alpha value is -1.98. The molecule has 0 bridgehead atoms. The van der Waals surface area contributed by atoms with Crippen molar-refractivity contribution in [2.45, 2.75) is 51.6 Å². The van der Waals surface area contributed by atoms with Crippen LogP contribution in [0.15, 0.2) is 16.0 Å². The Bertz CT molecular complexity index is 824. The number of hydrogen-bond acceptors (Lipinski definition) is 7. The van der Waals surface area contributed by atoms with Gasteiger partial charge in [0.15, 0.2) is 5.82 Å². The van der Waals surface area contributed by atoms with E-state index in [1.165, 1.54) is 10.4 Å². The molecule has 0 aliphatic carbocycles. The maximum Gasteiger partial charge on any atom is 0.490 e. The molecule has 29 heavy (non-hydrogen) atoms. The van der Waals surface area contributed by atoms with Gasteiger partial charge in [-0.15, -0.1) is 11.3 Å². The zero-order chi connectivity index (χ0) is 21.2. The van der Waals surface area contributed by atoms with Gasteiger partial charge in [-0.05, 0) is 37.3 Å². The normalized spacial score (nSPS) is 24.2. The predicted molar refractivity (Wildman–Crippen MR) is 97.5 cm³/mol. The zero-order valence-corrected chi connectivity index (χ0v) is 16.8. The standard InChI is InChI=1S/C16H21N3O2S.C2HF3O2/c1-10-3-4-22-15(10)9-19-7-12-5-13(20-14(12)8-19)6-16-17-11(2)18-21-16;3-2(4,5)1(6)7/h3-4,12-14H,5-9H2,1-2H3;(H,6,7)/t12-,13+,14+;/m0./s1. The van der Waals surface area contributed by atoms with E-state index in [4.69, 9.17) is 19.2 Å². The van der Waals surface area contributed by atoms with Gasteiger partial charge in [-0.3, -0.25) is 4.90 Å². The molecule has 3 atom stereocenters. The van der Waals surface area contributed by atoms with Crippen LogP contribution in [-0.4, -0.2) is 57.6 Å². The van der Waals surface area contributed by atoms with Gasteiger partial charge >= 0.3 is 12.1 Å². The summed E-state index contributed by atoms with van der Waals surface area (Å²) in [4.78, 5) is 17.2. The molecule has 0 amide bonds. The summed E-state index contributed by atoms with van der Waals surface area (Å²) in [5.74, 6) is -0.707. The van der Waals surface area contributed by atoms with Crippen LogP contribution in [0.5, 0.6) is 0 Å². The van der Waals surface area contributed by atoms with Gasteiger partial charge in [-0.1, -0.05) is 5.16 Å². The van der Waals surface area contributed by atoms with Gasteiger partial charge in [0.1, 0.15) is 0 Å². The number of nitrogens with zero attached hydrogens (tertiary/aromatic N) is 3. The van der Waals surface area contributed by atoms with E-state index in [0.29, 0.717) is 23.7 Å². The zero-order valence-electron chi connectivity index (χ0n) is 16.0. The number of carboxylic acids is 1. The van der Waals surface area contributed by atoms with Gasteiger partial charge in [-0.25, -0.2) is 4.79 Å². The van der Waals surface area contributed by atoms with Crippen LogP contribution < -0.4 is 0 Å². The van der Waals surface area contributed by atoms with Crippen molar-refractivity contribution >= 4 is 17.3 Å². The van der Waals surface area contributed by atoms with E-state index < -0.39 is 12.1 Å². The van der Waals surface area contributed by atoms with Crippen molar-refractivity contribution in [3.8, 4) is 0 Å². The first-order valence-electron chi connectivity index (χ1n) is 9.12. The fourth-order valence-electron chi connectivity index (χ4n) is 3.60. The van der Waals surface area contributed by atoms with Crippen molar-refractivity contribution in [2.75, 3.05) is 13.1 Å². The number of rotatable bonds is 4. The van der Waals surface area contributed by atoms with Crippen LogP contribution >= 0.6 is 11.3 Å². The molecule has 7 nitrogen and oxygen atoms in total. The first-order chi connectivity index (χ1) is 13.6. The summed E-state index contributed by atoms with van der Waals surface area (Å²) in [5.41, 5.74) is 1.41. The average Bonchev–Trinajstić information content (AvgIpc) is 3.35. The van der Waals surface area contributed by atoms with Crippen molar-refractivity contribution in [1.82, 2.24) is 15.0 Å². The second-order valence-corrected chi connectivity index (χ2v) is 8.26. The molecular weight excluding hydrogens is 411 g/mol. The maximum atomic E-state index is 10.6. The van der Waals surface area contributed by atoms with Gasteiger partial charge in [0.25, 0.3) is 0 Å². The molecule has 2 aliphatic heterocycles. The molecule has 0 unspecified atom stereocenters. The highest BCUT2D eigenvalue weighted by Gasteiger charge is 2.42. The molecule has 11 heteroatoms. The number of halogens is 3. The highest BCUT2D eigenvalue weighted by Crippen LogP contribution is 2.35. The van der Waals surface area contributed by atoms with Gasteiger partial charge in [0.05, 0.1) is 18.6 Å². The number of alkyl halides is 3. The molecule has 0 saturated carbocycles. The van der Waals surface area contributed by atoms with Crippen LogP contribution in [-0.2, 0) is 22.5 Å². The lowest BCUT2D eigenvalue weighted by Crippen LogP contribution is -2.25. The van der Waals surface area contributed by atoms with Crippen molar-refractivity contribution in [1.29, 1.82) is 0 Å². The number of fused-ring (bicyclic) bond motifs is 1. The summed E-state index contributed by atoms with van der Waals surface area (Å²) < 4.78 is 43.2. The van der Waals surface area contributed by atoms with Crippen molar-refractivity contribution in [2.24, 2.45) is 5.92 Å². The van der Waals surface area contributed by atoms with Crippen LogP contribution in [0.4, 0.5) is 13.2 Å². The van der Waals surface area contributed by atoms with E-state index in [1.54, 1.807) is 0 Å². The SMILES string of the molecule is Cc1noc(C[C@H]2C[C@H]3CN(Cc4sccc4C)C[C@H]3O2)n1.O=C(O)C(F)(F)F. The molecule has 2 saturated heterocycles. The quantitative estimate of drug-likeness (QED) is 0.792. The lowest BCUT2D eigenvalue weighted by atomic mass is 10.0. The minimum atomic E-state index is -5.08. The third-order valence-electron chi connectivity index (χ3n) is 4.94. The van der Waals surface area contributed by atoms with Gasteiger partial charge in [-0.2, -0.15) is 18.2 Å². The van der Waals surface area contributed by atoms with E-state index in [2.05, 4.69) is 33.4 Å². The number of aryl methyl sites for hydroxylation is 2. The number of ether oxygens (including phenoxy) is 1. The monoisotopic (exact) mass is 433 g/mol. The minimum Gasteiger partial charge on any atom is -0.475 e. The fraction of sp³-hybridized carbons (Fsp3) is 0.611. The number of likely N-dealkylation sites (tertiary alicyclic amines) is 1. The van der Waals surface area contributed by atoms with E-state index in [0.717, 1.165) is 32.5 Å². The van der Waals surface area contributed by atoms with Crippen molar-refractivity contribution < 1.29 is 32.3 Å². The van der Waals surface area contributed by atoms with Crippen LogP contribution in [0.25, 0.3) is 0 Å². The molecule has 2 aromatic heterocycles. The predicted octanol–water partition coefficient (Wildman–Crippen LogP) is 3.21. The van der Waals surface area contributed by atoms with Crippen LogP contribution in [0, 0.1) is 19.8 Å². The van der Waals surface area contributed by atoms with E-state index in [-0.39, 0.29) is 6.10 Å². The molecular formula is C18H22F3N3O4S. The molecule has 0 radical (unpaired) electrons. The van der Waals surface area contributed by atoms with Gasteiger partial charge in [0.2, 0.25) is 5.89 Å². The number of thiophene rings is 1. The Kier molecular flexibility index (Phi) is 6.59. The van der Waals surface area contributed by atoms with Crippen molar-refractivity contribution in [3.05, 3.63) is 33.6 Å². The summed E-state index contributed by atoms with van der Waals surface area (Å²) >= 11 is 1.86. The van der Waals surface area contributed by atoms with E-state index in [9.17, 15) is 13.2 Å². The van der Waals surface area contributed by atoms with E-state index in [1.807, 2.05) is 18.3 Å². The van der Waals surface area contributed by atoms with Gasteiger partial charge < -0.3 is 14.4 Å². The number of aromatic nitrogens is 2. The molecule has 2 fully saturated rings. The fourth-order valence-corrected chi connectivity index (χ4v) is 4.54. The second kappa shape index (κ2) is 8.80. The topological polar surface area (TPSA) is 88.7 Å². The summed E-state index contributed by atoms with van der Waals surface area (Å²) in [5, 5.41) is 13.2. The molecule has 2 aliphatic rings. The summed E-state index contributed by atoms with van der Waals surface area (Å²) in [6.45, 7) is 7.29. The second-order valence-electron chi connectivity index (χ2n) is 7.26. The number of aliphatic carboxylic acids is 1. The first-order valence-corrected chi connectivity index (χ1v) is 10.00. The first kappa shape index (κ1) is 21.7. The van der Waals surface area contributed by atoms with E-state index >= 15 is 0 Å². The average molecular weight is 433 g/mol. The summed E-state index contributed by atoms with van der Waals surface area (Å²) in [6.07, 6.45) is -2.63. The Morgan fingerprint density at radius 2 is 2.10 bits per heavy atom. The third-order valence-corrected chi connectivity index (χ3v) is 5.95. The Balaban J connectivity index is 0.000000298. The summed E-state index contributed by atoms with van der Waals surface area (Å²) in [7, 11) is 0. The van der Waals surface area contributed by atoms with Gasteiger partial charge in [0, 0.05) is 30.4 Å². The van der Waals surface area contributed by atoms with Crippen LogP contribution in [0.2, 0.25) is 0 Å². The molecule has 2 aromatic rings. The molecule has 0 aromatic carbocycles. The third kappa shape index (κ3) is 5.77. The largest absolute Gasteiger partial charge is 0.490 e.